The summed E-state index contributed by atoms with van der Waals surface area (Å²) in [7, 11) is 0. The zero-order valence-electron chi connectivity index (χ0n) is 11.7. The Hall–Kier alpha value is -1.26. The van der Waals surface area contributed by atoms with Crippen LogP contribution < -0.4 is 15.8 Å². The van der Waals surface area contributed by atoms with E-state index < -0.39 is 0 Å². The second kappa shape index (κ2) is 8.77. The maximum atomic E-state index is 11.8. The van der Waals surface area contributed by atoms with Gasteiger partial charge in [0.05, 0.1) is 12.5 Å². The number of nitrogens with one attached hydrogen (secondary N) is 1. The van der Waals surface area contributed by atoms with Crippen LogP contribution in [0.2, 0.25) is 0 Å². The lowest BCUT2D eigenvalue weighted by Gasteiger charge is -2.15. The second-order valence-corrected chi connectivity index (χ2v) is 4.66. The van der Waals surface area contributed by atoms with E-state index in [1.807, 2.05) is 45.0 Å². The zero-order chi connectivity index (χ0) is 13.5. The van der Waals surface area contributed by atoms with Crippen molar-refractivity contribution in [3.8, 4) is 5.75 Å². The van der Waals surface area contributed by atoms with Crippen molar-refractivity contribution in [1.82, 2.24) is 5.32 Å². The number of benzene rings is 1. The van der Waals surface area contributed by atoms with E-state index in [1.165, 1.54) is 0 Å². The fourth-order valence-electron chi connectivity index (χ4n) is 1.58. The monoisotopic (exact) mass is 286 g/mol. The Morgan fingerprint density at radius 3 is 2.53 bits per heavy atom. The summed E-state index contributed by atoms with van der Waals surface area (Å²) in [6.07, 6.45) is 0.407. The van der Waals surface area contributed by atoms with Crippen LogP contribution in [0.1, 0.15) is 26.3 Å². The number of carbonyl (C=O) groups is 1. The Labute approximate surface area is 121 Å². The van der Waals surface area contributed by atoms with Crippen LogP contribution in [0.3, 0.4) is 0 Å². The van der Waals surface area contributed by atoms with Crippen molar-refractivity contribution in [1.29, 1.82) is 0 Å². The highest BCUT2D eigenvalue weighted by molar-refractivity contribution is 5.85. The van der Waals surface area contributed by atoms with Crippen LogP contribution in [0.4, 0.5) is 0 Å². The molecular formula is C14H23ClN2O2. The average molecular weight is 287 g/mol. The highest BCUT2D eigenvalue weighted by Gasteiger charge is 2.11. The molecule has 1 aromatic carbocycles. The molecule has 0 radical (unpaired) electrons. The maximum absolute atomic E-state index is 11.8. The maximum Gasteiger partial charge on any atom is 0.224 e. The van der Waals surface area contributed by atoms with Crippen LogP contribution in [0.15, 0.2) is 24.3 Å². The number of amides is 1. The normalized spacial score (nSPS) is 11.6. The standard InChI is InChI=1S/C14H22N2O2.ClH/c1-10(2)18-13-7-5-4-6-12(13)8-14(17)16-11(3)9-15;/h4-7,10-11H,8-9,15H2,1-3H3,(H,16,17);1H/t11-;/m0./s1. The molecule has 0 fully saturated rings. The van der Waals surface area contributed by atoms with Gasteiger partial charge in [-0.2, -0.15) is 0 Å². The lowest BCUT2D eigenvalue weighted by molar-refractivity contribution is -0.121. The Balaban J connectivity index is 0.00000324. The first-order chi connectivity index (χ1) is 8.52. The Morgan fingerprint density at radius 1 is 1.32 bits per heavy atom. The van der Waals surface area contributed by atoms with E-state index in [4.69, 9.17) is 10.5 Å². The third-order valence-electron chi connectivity index (χ3n) is 2.45. The summed E-state index contributed by atoms with van der Waals surface area (Å²) in [4.78, 5) is 11.8. The van der Waals surface area contributed by atoms with Crippen molar-refractivity contribution in [2.75, 3.05) is 6.54 Å². The SMILES string of the molecule is CC(C)Oc1ccccc1CC(=O)N[C@@H](C)CN.Cl. The van der Waals surface area contributed by atoms with E-state index >= 15 is 0 Å². The molecule has 0 aliphatic carbocycles. The summed E-state index contributed by atoms with van der Waals surface area (Å²) in [6, 6.07) is 7.60. The topological polar surface area (TPSA) is 64.3 Å². The van der Waals surface area contributed by atoms with Gasteiger partial charge in [-0.1, -0.05) is 18.2 Å². The molecule has 0 bridgehead atoms. The third-order valence-corrected chi connectivity index (χ3v) is 2.45. The van der Waals surface area contributed by atoms with Crippen LogP contribution in [0, 0.1) is 0 Å². The highest BCUT2D eigenvalue weighted by Crippen LogP contribution is 2.19. The van der Waals surface area contributed by atoms with Gasteiger partial charge in [0.2, 0.25) is 5.91 Å². The fourth-order valence-corrected chi connectivity index (χ4v) is 1.58. The van der Waals surface area contributed by atoms with E-state index in [-0.39, 0.29) is 30.5 Å². The van der Waals surface area contributed by atoms with Crippen LogP contribution in [-0.2, 0) is 11.2 Å². The summed E-state index contributed by atoms with van der Waals surface area (Å²) in [5, 5.41) is 2.84. The molecule has 5 heteroatoms. The van der Waals surface area contributed by atoms with Gasteiger partial charge in [0.25, 0.3) is 0 Å². The summed E-state index contributed by atoms with van der Waals surface area (Å²) in [6.45, 7) is 6.25. The molecule has 3 N–H and O–H groups in total. The molecule has 0 saturated heterocycles. The first kappa shape index (κ1) is 17.7. The number of nitrogens with two attached hydrogens (primary N) is 1. The van der Waals surface area contributed by atoms with Gasteiger partial charge in [0.1, 0.15) is 5.75 Å². The quantitative estimate of drug-likeness (QED) is 0.839. The third kappa shape index (κ3) is 6.45. The van der Waals surface area contributed by atoms with Gasteiger partial charge >= 0.3 is 0 Å². The molecule has 0 heterocycles. The van der Waals surface area contributed by atoms with Gasteiger partial charge in [0.15, 0.2) is 0 Å². The summed E-state index contributed by atoms with van der Waals surface area (Å²) < 4.78 is 5.67. The highest BCUT2D eigenvalue weighted by atomic mass is 35.5. The number of hydrogen-bond acceptors (Lipinski definition) is 3. The number of halogens is 1. The fraction of sp³-hybridized carbons (Fsp3) is 0.500. The predicted octanol–water partition coefficient (Wildman–Crippen LogP) is 1.90. The van der Waals surface area contributed by atoms with Crippen molar-refractivity contribution < 1.29 is 9.53 Å². The first-order valence-electron chi connectivity index (χ1n) is 6.27. The number of hydrogen-bond donors (Lipinski definition) is 2. The van der Waals surface area contributed by atoms with Crippen LogP contribution >= 0.6 is 12.4 Å². The molecule has 0 aliphatic rings. The molecule has 0 spiro atoms. The van der Waals surface area contributed by atoms with Crippen molar-refractivity contribution >= 4 is 18.3 Å². The Morgan fingerprint density at radius 2 is 1.95 bits per heavy atom. The minimum absolute atomic E-state index is 0. The largest absolute Gasteiger partial charge is 0.491 e. The van der Waals surface area contributed by atoms with Crippen molar-refractivity contribution in [2.45, 2.75) is 39.3 Å². The van der Waals surface area contributed by atoms with E-state index in [2.05, 4.69) is 5.32 Å². The van der Waals surface area contributed by atoms with Gasteiger partial charge in [-0.25, -0.2) is 0 Å². The lowest BCUT2D eigenvalue weighted by atomic mass is 10.1. The van der Waals surface area contributed by atoms with E-state index in [0.29, 0.717) is 13.0 Å². The zero-order valence-corrected chi connectivity index (χ0v) is 12.5. The smallest absolute Gasteiger partial charge is 0.224 e. The van der Waals surface area contributed by atoms with Crippen LogP contribution in [0.25, 0.3) is 0 Å². The van der Waals surface area contributed by atoms with Gasteiger partial charge in [-0.15, -0.1) is 12.4 Å². The molecule has 0 unspecified atom stereocenters. The molecule has 1 atom stereocenters. The molecule has 1 aromatic rings. The minimum atomic E-state index is -0.0345. The number of carbonyl (C=O) groups excluding carboxylic acids is 1. The summed E-state index contributed by atoms with van der Waals surface area (Å²) in [5.74, 6) is 0.732. The summed E-state index contributed by atoms with van der Waals surface area (Å²) in [5.41, 5.74) is 6.37. The number of para-hydroxylation sites is 1. The molecule has 0 saturated carbocycles. The molecule has 19 heavy (non-hydrogen) atoms. The minimum Gasteiger partial charge on any atom is -0.491 e. The average Bonchev–Trinajstić information content (AvgIpc) is 2.30. The Kier molecular flexibility index (Phi) is 8.19. The molecular weight excluding hydrogens is 264 g/mol. The molecule has 0 aromatic heterocycles. The van der Waals surface area contributed by atoms with Crippen LogP contribution in [0.5, 0.6) is 5.75 Å². The first-order valence-corrected chi connectivity index (χ1v) is 6.27. The van der Waals surface area contributed by atoms with Gasteiger partial charge in [-0.05, 0) is 26.8 Å². The van der Waals surface area contributed by atoms with Gasteiger partial charge in [-0.3, -0.25) is 4.79 Å². The van der Waals surface area contributed by atoms with E-state index in [1.54, 1.807) is 0 Å². The Bertz CT molecular complexity index is 397. The predicted molar refractivity (Wildman–Crippen MR) is 79.8 cm³/mol. The molecule has 4 nitrogen and oxygen atoms in total. The summed E-state index contributed by atoms with van der Waals surface area (Å²) >= 11 is 0. The number of ether oxygens (including phenoxy) is 1. The molecule has 1 amide bonds. The van der Waals surface area contributed by atoms with E-state index in [9.17, 15) is 4.79 Å². The molecule has 108 valence electrons. The second-order valence-electron chi connectivity index (χ2n) is 4.66. The molecule has 0 aliphatic heterocycles. The van der Waals surface area contributed by atoms with Crippen molar-refractivity contribution in [3.63, 3.8) is 0 Å². The van der Waals surface area contributed by atoms with Gasteiger partial charge in [0, 0.05) is 18.2 Å². The van der Waals surface area contributed by atoms with E-state index in [0.717, 1.165) is 11.3 Å². The van der Waals surface area contributed by atoms with Crippen LogP contribution in [-0.4, -0.2) is 24.6 Å². The molecule has 1 rings (SSSR count). The van der Waals surface area contributed by atoms with Crippen molar-refractivity contribution in [3.05, 3.63) is 29.8 Å². The lowest BCUT2D eigenvalue weighted by Crippen LogP contribution is -2.38. The van der Waals surface area contributed by atoms with Gasteiger partial charge < -0.3 is 15.8 Å². The number of rotatable bonds is 6. The van der Waals surface area contributed by atoms with Crippen molar-refractivity contribution in [2.24, 2.45) is 5.73 Å².